The van der Waals surface area contributed by atoms with Crippen molar-refractivity contribution in [3.05, 3.63) is 57.0 Å². The summed E-state index contributed by atoms with van der Waals surface area (Å²) in [4.78, 5) is 2.16. The van der Waals surface area contributed by atoms with Crippen LogP contribution in [0.25, 0.3) is 0 Å². The van der Waals surface area contributed by atoms with Gasteiger partial charge >= 0.3 is 0 Å². The van der Waals surface area contributed by atoms with Crippen molar-refractivity contribution >= 4 is 46.6 Å². The standard InChI is InChI=1S/C15H14Cl3NS/c1-9(19)6-10-7-11(16)2-5-15(10)20-12-3-4-13(17)14(18)8-12/h2-5,7-9H,6,19H2,1H3. The Morgan fingerprint density at radius 3 is 2.45 bits per heavy atom. The Labute approximate surface area is 138 Å². The van der Waals surface area contributed by atoms with Crippen molar-refractivity contribution in [2.24, 2.45) is 5.73 Å². The minimum absolute atomic E-state index is 0.0848. The summed E-state index contributed by atoms with van der Waals surface area (Å²) in [5.41, 5.74) is 7.03. The van der Waals surface area contributed by atoms with Crippen LogP contribution in [0.1, 0.15) is 12.5 Å². The fraction of sp³-hybridized carbons (Fsp3) is 0.200. The lowest BCUT2D eigenvalue weighted by atomic mass is 10.1. The van der Waals surface area contributed by atoms with E-state index < -0.39 is 0 Å². The molecule has 2 N–H and O–H groups in total. The molecular formula is C15H14Cl3NS. The lowest BCUT2D eigenvalue weighted by Gasteiger charge is -2.12. The predicted molar refractivity (Wildman–Crippen MR) is 89.4 cm³/mol. The van der Waals surface area contributed by atoms with Crippen molar-refractivity contribution in [3.8, 4) is 0 Å². The van der Waals surface area contributed by atoms with Gasteiger partial charge in [-0.05, 0) is 55.3 Å². The number of benzene rings is 2. The Morgan fingerprint density at radius 1 is 1.05 bits per heavy atom. The van der Waals surface area contributed by atoms with E-state index in [9.17, 15) is 0 Å². The van der Waals surface area contributed by atoms with Gasteiger partial charge in [0.05, 0.1) is 10.0 Å². The summed E-state index contributed by atoms with van der Waals surface area (Å²) in [6, 6.07) is 11.5. The van der Waals surface area contributed by atoms with Crippen LogP contribution in [0.5, 0.6) is 0 Å². The van der Waals surface area contributed by atoms with Crippen LogP contribution in [0.15, 0.2) is 46.2 Å². The molecule has 1 nitrogen and oxygen atoms in total. The molecule has 0 saturated heterocycles. The van der Waals surface area contributed by atoms with Crippen LogP contribution in [0.2, 0.25) is 15.1 Å². The largest absolute Gasteiger partial charge is 0.328 e. The van der Waals surface area contributed by atoms with Crippen LogP contribution >= 0.6 is 46.6 Å². The van der Waals surface area contributed by atoms with Crippen molar-refractivity contribution in [2.45, 2.75) is 29.2 Å². The lowest BCUT2D eigenvalue weighted by molar-refractivity contribution is 0.729. The minimum Gasteiger partial charge on any atom is -0.328 e. The maximum absolute atomic E-state index is 6.06. The second-order valence-electron chi connectivity index (χ2n) is 4.61. The van der Waals surface area contributed by atoms with Crippen molar-refractivity contribution in [1.82, 2.24) is 0 Å². The fourth-order valence-electron chi connectivity index (χ4n) is 1.82. The SMILES string of the molecule is CC(N)Cc1cc(Cl)ccc1Sc1ccc(Cl)c(Cl)c1. The van der Waals surface area contributed by atoms with Crippen LogP contribution in [0.4, 0.5) is 0 Å². The first-order valence-corrected chi connectivity index (χ1v) is 8.07. The third-order valence-corrected chi connectivity index (χ3v) is 4.77. The molecule has 0 spiro atoms. The highest BCUT2D eigenvalue weighted by Gasteiger charge is 2.09. The molecule has 1 atom stereocenters. The monoisotopic (exact) mass is 345 g/mol. The van der Waals surface area contributed by atoms with Gasteiger partial charge in [0.1, 0.15) is 0 Å². The Hall–Kier alpha value is -0.380. The molecule has 0 aliphatic carbocycles. The van der Waals surface area contributed by atoms with E-state index >= 15 is 0 Å². The van der Waals surface area contributed by atoms with Gasteiger partial charge < -0.3 is 5.73 Å². The summed E-state index contributed by atoms with van der Waals surface area (Å²) >= 11 is 19.7. The van der Waals surface area contributed by atoms with Gasteiger partial charge in [0, 0.05) is 20.9 Å². The number of hydrogen-bond acceptors (Lipinski definition) is 2. The zero-order valence-electron chi connectivity index (χ0n) is 10.9. The minimum atomic E-state index is 0.0848. The van der Waals surface area contributed by atoms with Crippen LogP contribution in [0.3, 0.4) is 0 Å². The van der Waals surface area contributed by atoms with Gasteiger partial charge in [0.25, 0.3) is 0 Å². The first kappa shape index (κ1) is 16.0. The first-order valence-electron chi connectivity index (χ1n) is 6.12. The number of hydrogen-bond donors (Lipinski definition) is 1. The second-order valence-corrected chi connectivity index (χ2v) is 6.98. The van der Waals surface area contributed by atoms with Gasteiger partial charge in [-0.15, -0.1) is 0 Å². The molecule has 0 amide bonds. The maximum atomic E-state index is 6.06. The van der Waals surface area contributed by atoms with E-state index in [0.717, 1.165) is 26.8 Å². The van der Waals surface area contributed by atoms with Crippen molar-refractivity contribution < 1.29 is 0 Å². The molecule has 2 rings (SSSR count). The summed E-state index contributed by atoms with van der Waals surface area (Å²) in [6.45, 7) is 1.98. The average molecular weight is 347 g/mol. The van der Waals surface area contributed by atoms with Crippen LogP contribution < -0.4 is 5.73 Å². The molecule has 0 bridgehead atoms. The molecule has 2 aromatic rings. The molecule has 20 heavy (non-hydrogen) atoms. The quantitative estimate of drug-likeness (QED) is 0.769. The lowest BCUT2D eigenvalue weighted by Crippen LogP contribution is -2.18. The molecule has 1 unspecified atom stereocenters. The normalized spacial score (nSPS) is 12.4. The highest BCUT2D eigenvalue weighted by Crippen LogP contribution is 2.35. The Morgan fingerprint density at radius 2 is 1.80 bits per heavy atom. The Bertz CT molecular complexity index is 614. The van der Waals surface area contributed by atoms with Crippen LogP contribution in [-0.2, 0) is 6.42 Å². The molecular weight excluding hydrogens is 333 g/mol. The van der Waals surface area contributed by atoms with E-state index in [0.29, 0.717) is 10.0 Å². The van der Waals surface area contributed by atoms with Gasteiger partial charge in [-0.3, -0.25) is 0 Å². The third kappa shape index (κ3) is 4.31. The predicted octanol–water partition coefficient (Wildman–Crippen LogP) is 5.69. The molecule has 2 aromatic carbocycles. The summed E-state index contributed by atoms with van der Waals surface area (Å²) in [7, 11) is 0. The van der Waals surface area contributed by atoms with Crippen molar-refractivity contribution in [3.63, 3.8) is 0 Å². The molecule has 0 aromatic heterocycles. The number of rotatable bonds is 4. The van der Waals surface area contributed by atoms with Crippen LogP contribution in [0, 0.1) is 0 Å². The van der Waals surface area contributed by atoms with E-state index in [-0.39, 0.29) is 6.04 Å². The maximum Gasteiger partial charge on any atom is 0.0603 e. The number of halogens is 3. The van der Waals surface area contributed by atoms with E-state index in [1.165, 1.54) is 0 Å². The molecule has 0 fully saturated rings. The Balaban J connectivity index is 2.30. The van der Waals surface area contributed by atoms with Crippen LogP contribution in [-0.4, -0.2) is 6.04 Å². The summed E-state index contributed by atoms with van der Waals surface area (Å²) < 4.78 is 0. The molecule has 106 valence electrons. The number of nitrogens with two attached hydrogens (primary N) is 1. The molecule has 0 radical (unpaired) electrons. The van der Waals surface area contributed by atoms with Gasteiger partial charge in [-0.1, -0.05) is 46.6 Å². The van der Waals surface area contributed by atoms with Gasteiger partial charge in [0.2, 0.25) is 0 Å². The van der Waals surface area contributed by atoms with E-state index in [1.54, 1.807) is 17.8 Å². The van der Waals surface area contributed by atoms with E-state index in [4.69, 9.17) is 40.5 Å². The molecule has 0 saturated carbocycles. The third-order valence-electron chi connectivity index (χ3n) is 2.68. The molecule has 0 heterocycles. The molecule has 0 aliphatic heterocycles. The zero-order valence-corrected chi connectivity index (χ0v) is 14.0. The summed E-state index contributed by atoms with van der Waals surface area (Å²) in [5, 5.41) is 1.83. The Kier molecular flexibility index (Phi) is 5.65. The second kappa shape index (κ2) is 7.06. The average Bonchev–Trinajstić information content (AvgIpc) is 2.36. The van der Waals surface area contributed by atoms with Crippen molar-refractivity contribution in [1.29, 1.82) is 0 Å². The topological polar surface area (TPSA) is 26.0 Å². The van der Waals surface area contributed by atoms with E-state index in [1.807, 2.05) is 37.3 Å². The first-order chi connectivity index (χ1) is 9.45. The fourth-order valence-corrected chi connectivity index (χ4v) is 3.36. The smallest absolute Gasteiger partial charge is 0.0603 e. The highest BCUT2D eigenvalue weighted by molar-refractivity contribution is 7.99. The summed E-state index contributed by atoms with van der Waals surface area (Å²) in [6.07, 6.45) is 0.782. The van der Waals surface area contributed by atoms with E-state index in [2.05, 4.69) is 0 Å². The highest BCUT2D eigenvalue weighted by atomic mass is 35.5. The van der Waals surface area contributed by atoms with Gasteiger partial charge in [0.15, 0.2) is 0 Å². The zero-order chi connectivity index (χ0) is 14.7. The molecule has 0 aliphatic rings. The van der Waals surface area contributed by atoms with Gasteiger partial charge in [-0.25, -0.2) is 0 Å². The summed E-state index contributed by atoms with van der Waals surface area (Å²) in [5.74, 6) is 0. The van der Waals surface area contributed by atoms with Gasteiger partial charge in [-0.2, -0.15) is 0 Å². The molecule has 5 heteroatoms. The van der Waals surface area contributed by atoms with Crippen molar-refractivity contribution in [2.75, 3.05) is 0 Å².